The van der Waals surface area contributed by atoms with Gasteiger partial charge in [0, 0.05) is 19.5 Å². The van der Waals surface area contributed by atoms with Crippen molar-refractivity contribution >= 4 is 27.5 Å². The molecule has 4 aromatic carbocycles. The number of carbonyl (C=O) groups excluding carboxylic acids is 2. The number of sulfonamides is 1. The molecule has 0 aromatic heterocycles. The van der Waals surface area contributed by atoms with Gasteiger partial charge in [-0.3, -0.25) is 13.9 Å². The van der Waals surface area contributed by atoms with E-state index in [9.17, 15) is 18.0 Å². The van der Waals surface area contributed by atoms with Crippen molar-refractivity contribution in [2.45, 2.75) is 58.5 Å². The summed E-state index contributed by atoms with van der Waals surface area (Å²) >= 11 is 0. The zero-order valence-corrected chi connectivity index (χ0v) is 27.6. The number of aryl methyl sites for hydroxylation is 3. The van der Waals surface area contributed by atoms with E-state index in [2.05, 4.69) is 5.32 Å². The lowest BCUT2D eigenvalue weighted by atomic mass is 10.0. The van der Waals surface area contributed by atoms with Gasteiger partial charge < -0.3 is 10.2 Å². The summed E-state index contributed by atoms with van der Waals surface area (Å²) in [6, 6.07) is 29.9. The van der Waals surface area contributed by atoms with Crippen LogP contribution < -0.4 is 9.62 Å². The van der Waals surface area contributed by atoms with Crippen LogP contribution in [-0.2, 0) is 32.6 Å². The third kappa shape index (κ3) is 8.82. The molecule has 0 saturated carbocycles. The second-order valence-corrected chi connectivity index (χ2v) is 13.8. The van der Waals surface area contributed by atoms with E-state index in [-0.39, 0.29) is 29.7 Å². The average Bonchev–Trinajstić information content (AvgIpc) is 3.02. The first kappa shape index (κ1) is 33.5. The van der Waals surface area contributed by atoms with E-state index in [0.717, 1.165) is 32.1 Å². The predicted molar refractivity (Wildman–Crippen MR) is 180 cm³/mol. The Hall–Kier alpha value is -4.43. The Labute approximate surface area is 268 Å². The molecule has 2 amide bonds. The lowest BCUT2D eigenvalue weighted by molar-refractivity contribution is -0.140. The molecule has 1 unspecified atom stereocenters. The molecule has 1 atom stereocenters. The van der Waals surface area contributed by atoms with Crippen molar-refractivity contribution in [2.24, 2.45) is 5.92 Å². The Morgan fingerprint density at radius 2 is 1.40 bits per heavy atom. The highest BCUT2D eigenvalue weighted by Crippen LogP contribution is 2.27. The Morgan fingerprint density at radius 1 is 0.756 bits per heavy atom. The SMILES string of the molecule is Cc1cccc(CN(C(=O)CN(c2ccc(C)c(C)c2)S(=O)(=O)c2ccccc2)C(Cc2ccccc2)C(=O)NCC(C)C)c1. The minimum atomic E-state index is -4.13. The second-order valence-electron chi connectivity index (χ2n) is 11.9. The number of nitrogens with zero attached hydrogens (tertiary/aromatic N) is 2. The average molecular weight is 626 g/mol. The van der Waals surface area contributed by atoms with E-state index in [1.165, 1.54) is 17.0 Å². The Morgan fingerprint density at radius 3 is 2.02 bits per heavy atom. The molecule has 0 radical (unpaired) electrons. The van der Waals surface area contributed by atoms with E-state index in [1.54, 1.807) is 30.3 Å². The monoisotopic (exact) mass is 625 g/mol. The molecule has 4 aromatic rings. The van der Waals surface area contributed by atoms with Crippen LogP contribution in [0, 0.1) is 26.7 Å². The summed E-state index contributed by atoms with van der Waals surface area (Å²) in [4.78, 5) is 30.0. The molecule has 0 saturated heterocycles. The zero-order valence-electron chi connectivity index (χ0n) is 26.7. The van der Waals surface area contributed by atoms with Gasteiger partial charge >= 0.3 is 0 Å². The van der Waals surface area contributed by atoms with Crippen LogP contribution in [0.15, 0.2) is 108 Å². The maximum atomic E-state index is 14.6. The van der Waals surface area contributed by atoms with Crippen molar-refractivity contribution in [3.05, 3.63) is 131 Å². The van der Waals surface area contributed by atoms with Crippen LogP contribution in [0.25, 0.3) is 0 Å². The molecule has 0 aliphatic carbocycles. The summed E-state index contributed by atoms with van der Waals surface area (Å²) in [5.41, 5.74) is 5.06. The molecular weight excluding hydrogens is 582 g/mol. The first-order valence-corrected chi connectivity index (χ1v) is 16.7. The zero-order chi connectivity index (χ0) is 32.6. The van der Waals surface area contributed by atoms with Gasteiger partial charge in [0.05, 0.1) is 10.6 Å². The molecule has 4 rings (SSSR count). The van der Waals surface area contributed by atoms with Crippen LogP contribution in [0.1, 0.15) is 41.7 Å². The summed E-state index contributed by atoms with van der Waals surface area (Å²) in [5, 5.41) is 3.03. The molecule has 45 heavy (non-hydrogen) atoms. The van der Waals surface area contributed by atoms with Gasteiger partial charge in [0.2, 0.25) is 11.8 Å². The van der Waals surface area contributed by atoms with Crippen molar-refractivity contribution in [3.8, 4) is 0 Å². The molecule has 0 heterocycles. The van der Waals surface area contributed by atoms with Crippen LogP contribution >= 0.6 is 0 Å². The van der Waals surface area contributed by atoms with E-state index in [4.69, 9.17) is 0 Å². The third-order valence-electron chi connectivity index (χ3n) is 7.78. The molecule has 236 valence electrons. The van der Waals surface area contributed by atoms with Crippen molar-refractivity contribution in [3.63, 3.8) is 0 Å². The van der Waals surface area contributed by atoms with Crippen LogP contribution in [0.3, 0.4) is 0 Å². The van der Waals surface area contributed by atoms with Gasteiger partial charge in [0.25, 0.3) is 10.0 Å². The van der Waals surface area contributed by atoms with Gasteiger partial charge in [-0.05, 0) is 73.2 Å². The first-order chi connectivity index (χ1) is 21.5. The molecule has 1 N–H and O–H groups in total. The van der Waals surface area contributed by atoms with E-state index in [1.807, 2.05) is 95.3 Å². The van der Waals surface area contributed by atoms with Gasteiger partial charge in [-0.2, -0.15) is 0 Å². The highest BCUT2D eigenvalue weighted by molar-refractivity contribution is 7.92. The fourth-order valence-electron chi connectivity index (χ4n) is 5.11. The summed E-state index contributed by atoms with van der Waals surface area (Å²) in [6.07, 6.45) is 0.275. The number of carbonyl (C=O) groups is 2. The fourth-order valence-corrected chi connectivity index (χ4v) is 6.54. The lowest BCUT2D eigenvalue weighted by Gasteiger charge is -2.34. The number of amides is 2. The Balaban J connectivity index is 1.81. The number of hydrogen-bond acceptors (Lipinski definition) is 4. The Bertz CT molecular complexity index is 1710. The van der Waals surface area contributed by atoms with Gasteiger partial charge in [-0.1, -0.05) is 98.3 Å². The van der Waals surface area contributed by atoms with Crippen molar-refractivity contribution in [1.29, 1.82) is 0 Å². The van der Waals surface area contributed by atoms with Gasteiger partial charge in [-0.15, -0.1) is 0 Å². The quantitative estimate of drug-likeness (QED) is 0.191. The maximum Gasteiger partial charge on any atom is 0.264 e. The molecule has 0 fully saturated rings. The number of rotatable bonds is 13. The van der Waals surface area contributed by atoms with Crippen molar-refractivity contribution < 1.29 is 18.0 Å². The highest BCUT2D eigenvalue weighted by Gasteiger charge is 2.34. The summed E-state index contributed by atoms with van der Waals surface area (Å²) in [5.74, 6) is -0.546. The topological polar surface area (TPSA) is 86.8 Å². The van der Waals surface area contributed by atoms with Gasteiger partial charge in [-0.25, -0.2) is 8.42 Å². The smallest absolute Gasteiger partial charge is 0.264 e. The minimum absolute atomic E-state index is 0.0803. The van der Waals surface area contributed by atoms with Crippen molar-refractivity contribution in [2.75, 3.05) is 17.4 Å². The maximum absolute atomic E-state index is 14.6. The Kier molecular flexibility index (Phi) is 11.2. The number of nitrogens with one attached hydrogen (secondary N) is 1. The normalized spacial score (nSPS) is 12.0. The minimum Gasteiger partial charge on any atom is -0.354 e. The van der Waals surface area contributed by atoms with E-state index >= 15 is 0 Å². The van der Waals surface area contributed by atoms with Crippen LogP contribution in [0.4, 0.5) is 5.69 Å². The van der Waals surface area contributed by atoms with E-state index < -0.39 is 28.5 Å². The fraction of sp³-hybridized carbons (Fsp3) is 0.297. The summed E-state index contributed by atoms with van der Waals surface area (Å²) in [6.45, 7) is 9.97. The molecular formula is C37H43N3O4S. The molecule has 0 bridgehead atoms. The summed E-state index contributed by atoms with van der Waals surface area (Å²) < 4.78 is 29.4. The first-order valence-electron chi connectivity index (χ1n) is 15.3. The standard InChI is InChI=1S/C37H43N3O4S/c1-27(2)24-38-37(42)35(23-31-14-8-6-9-15-31)39(25-32-16-12-13-28(3)21-32)36(41)26-40(33-20-19-29(4)30(5)22-33)45(43,44)34-17-10-7-11-18-34/h6-22,27,35H,23-26H2,1-5H3,(H,38,42). The summed E-state index contributed by atoms with van der Waals surface area (Å²) in [7, 11) is -4.13. The molecule has 0 aliphatic rings. The van der Waals surface area contributed by atoms with Crippen LogP contribution in [0.5, 0.6) is 0 Å². The van der Waals surface area contributed by atoms with Gasteiger partial charge in [0.15, 0.2) is 0 Å². The molecule has 7 nitrogen and oxygen atoms in total. The van der Waals surface area contributed by atoms with Gasteiger partial charge in [0.1, 0.15) is 12.6 Å². The highest BCUT2D eigenvalue weighted by atomic mass is 32.2. The number of anilines is 1. The third-order valence-corrected chi connectivity index (χ3v) is 9.57. The van der Waals surface area contributed by atoms with Crippen molar-refractivity contribution in [1.82, 2.24) is 10.2 Å². The van der Waals surface area contributed by atoms with Crippen LogP contribution in [-0.4, -0.2) is 44.3 Å². The number of benzene rings is 4. The number of hydrogen-bond donors (Lipinski definition) is 1. The predicted octanol–water partition coefficient (Wildman–Crippen LogP) is 6.22. The molecule has 0 spiro atoms. The second kappa shape index (κ2) is 15.0. The van der Waals surface area contributed by atoms with Crippen LogP contribution in [0.2, 0.25) is 0 Å². The molecule has 8 heteroatoms. The van der Waals surface area contributed by atoms with E-state index in [0.29, 0.717) is 12.2 Å². The largest absolute Gasteiger partial charge is 0.354 e. The lowest BCUT2D eigenvalue weighted by Crippen LogP contribution is -2.53. The molecule has 0 aliphatic heterocycles.